The van der Waals surface area contributed by atoms with Gasteiger partial charge in [0.2, 0.25) is 11.8 Å². The average Bonchev–Trinajstić information content (AvgIpc) is 2.39. The molecule has 3 heteroatoms. The van der Waals surface area contributed by atoms with E-state index in [0.717, 1.165) is 0 Å². The zero-order valence-corrected chi connectivity index (χ0v) is 11.2. The number of carbonyl (C=O) groups is 1. The molecule has 0 aliphatic rings. The van der Waals surface area contributed by atoms with Gasteiger partial charge in [-0.05, 0) is 36.8 Å². The van der Waals surface area contributed by atoms with E-state index in [2.05, 4.69) is 0 Å². The van der Waals surface area contributed by atoms with Gasteiger partial charge in [-0.3, -0.25) is 4.79 Å². The fourth-order valence-electron chi connectivity index (χ4n) is 1.76. The predicted octanol–water partition coefficient (Wildman–Crippen LogP) is 3.38. The molecule has 0 aliphatic carbocycles. The second-order valence-corrected chi connectivity index (χ2v) is 4.81. The van der Waals surface area contributed by atoms with Gasteiger partial charge in [0.15, 0.2) is 12.4 Å². The Bertz CT molecular complexity index is 546. The van der Waals surface area contributed by atoms with Gasteiger partial charge in [-0.25, -0.2) is 0 Å². The molecule has 0 amide bonds. The Morgan fingerprint density at radius 2 is 1.67 bits per heavy atom. The summed E-state index contributed by atoms with van der Waals surface area (Å²) in [6.45, 7) is 3.92. The van der Waals surface area contributed by atoms with Crippen LogP contribution in [0.15, 0.2) is 48.8 Å². The van der Waals surface area contributed by atoms with Crippen LogP contribution in [0.1, 0.15) is 28.9 Å². The minimum atomic E-state index is -0.216. The molecule has 0 saturated heterocycles. The van der Waals surface area contributed by atoms with Crippen molar-refractivity contribution < 1.29 is 9.36 Å². The van der Waals surface area contributed by atoms with Crippen LogP contribution in [0.4, 0.5) is 0 Å². The van der Waals surface area contributed by atoms with Gasteiger partial charge < -0.3 is 0 Å². The van der Waals surface area contributed by atoms with Crippen molar-refractivity contribution in [3.05, 3.63) is 64.9 Å². The van der Waals surface area contributed by atoms with Crippen LogP contribution in [-0.4, -0.2) is 5.78 Å². The van der Waals surface area contributed by atoms with Crippen molar-refractivity contribution in [3.8, 4) is 0 Å². The lowest BCUT2D eigenvalue weighted by Gasteiger charge is -2.06. The number of ketones is 1. The van der Waals surface area contributed by atoms with Crippen molar-refractivity contribution in [1.82, 2.24) is 0 Å². The normalized spacial score (nSPS) is 12.2. The van der Waals surface area contributed by atoms with Crippen molar-refractivity contribution in [3.63, 3.8) is 0 Å². The molecule has 92 valence electrons. The second-order valence-electron chi connectivity index (χ2n) is 4.37. The number of hydrogen-bond acceptors (Lipinski definition) is 1. The monoisotopic (exact) mass is 260 g/mol. The first-order valence-corrected chi connectivity index (χ1v) is 6.23. The predicted molar refractivity (Wildman–Crippen MR) is 71.9 cm³/mol. The van der Waals surface area contributed by atoms with Crippen LogP contribution in [0.25, 0.3) is 0 Å². The zero-order valence-electron chi connectivity index (χ0n) is 10.4. The summed E-state index contributed by atoms with van der Waals surface area (Å²) in [4.78, 5) is 12.3. The fourth-order valence-corrected chi connectivity index (χ4v) is 1.89. The largest absolute Gasteiger partial charge is 0.287 e. The van der Waals surface area contributed by atoms with Crippen molar-refractivity contribution in [2.24, 2.45) is 0 Å². The Hall–Kier alpha value is -1.67. The van der Waals surface area contributed by atoms with Crippen LogP contribution < -0.4 is 4.57 Å². The molecule has 2 aromatic rings. The number of pyridine rings is 1. The Morgan fingerprint density at radius 3 is 2.22 bits per heavy atom. The molecule has 1 aromatic heterocycles. The van der Waals surface area contributed by atoms with Gasteiger partial charge in [-0.2, -0.15) is 4.57 Å². The van der Waals surface area contributed by atoms with Gasteiger partial charge in [0.05, 0.1) is 0 Å². The smallest absolute Gasteiger partial charge is 0.230 e. The molecule has 0 unspecified atom stereocenters. The number of nitrogens with zero attached hydrogens (tertiary/aromatic N) is 1. The lowest BCUT2D eigenvalue weighted by Crippen LogP contribution is -2.41. The van der Waals surface area contributed by atoms with Gasteiger partial charge in [-0.1, -0.05) is 11.6 Å². The van der Waals surface area contributed by atoms with Crippen LogP contribution in [-0.2, 0) is 0 Å². The summed E-state index contributed by atoms with van der Waals surface area (Å²) in [5.74, 6) is 0.0838. The number of halogens is 1. The fraction of sp³-hybridized carbons (Fsp3) is 0.200. The van der Waals surface area contributed by atoms with Crippen LogP contribution in [0.2, 0.25) is 5.02 Å². The highest BCUT2D eigenvalue weighted by molar-refractivity contribution is 6.30. The van der Waals surface area contributed by atoms with E-state index in [1.54, 1.807) is 24.3 Å². The van der Waals surface area contributed by atoms with E-state index in [1.165, 1.54) is 5.56 Å². The molecule has 0 saturated carbocycles. The molecule has 1 heterocycles. The van der Waals surface area contributed by atoms with Crippen molar-refractivity contribution in [1.29, 1.82) is 0 Å². The molecule has 0 radical (unpaired) electrons. The molecule has 1 aromatic carbocycles. The number of Topliss-reactive ketones (excluding diaryl/α,β-unsaturated/α-hetero) is 1. The van der Waals surface area contributed by atoms with E-state index in [1.807, 2.05) is 42.9 Å². The Labute approximate surface area is 112 Å². The minimum Gasteiger partial charge on any atom is -0.287 e. The first-order valence-electron chi connectivity index (χ1n) is 5.85. The molecule has 0 spiro atoms. The molecule has 2 rings (SSSR count). The lowest BCUT2D eigenvalue weighted by atomic mass is 10.1. The summed E-state index contributed by atoms with van der Waals surface area (Å²) < 4.78 is 1.91. The minimum absolute atomic E-state index is 0.0838. The first kappa shape index (κ1) is 12.8. The Kier molecular flexibility index (Phi) is 3.78. The zero-order chi connectivity index (χ0) is 13.1. The van der Waals surface area contributed by atoms with E-state index in [0.29, 0.717) is 10.6 Å². The highest BCUT2D eigenvalue weighted by Crippen LogP contribution is 2.13. The van der Waals surface area contributed by atoms with E-state index in [4.69, 9.17) is 11.6 Å². The highest BCUT2D eigenvalue weighted by Gasteiger charge is 2.22. The van der Waals surface area contributed by atoms with Crippen molar-refractivity contribution >= 4 is 17.4 Å². The SMILES string of the molecule is Cc1cc[n+]([C@@H](C)C(=O)c2ccc(Cl)cc2)cc1. The van der Waals surface area contributed by atoms with Crippen LogP contribution in [0, 0.1) is 6.92 Å². The Morgan fingerprint density at radius 1 is 1.11 bits per heavy atom. The number of benzene rings is 1. The van der Waals surface area contributed by atoms with Crippen molar-refractivity contribution in [2.75, 3.05) is 0 Å². The molecular formula is C15H15ClNO+. The summed E-state index contributed by atoms with van der Waals surface area (Å²) in [5, 5.41) is 0.641. The van der Waals surface area contributed by atoms with Gasteiger partial charge in [0, 0.05) is 29.6 Å². The maximum absolute atomic E-state index is 12.3. The van der Waals surface area contributed by atoms with E-state index < -0.39 is 0 Å². The van der Waals surface area contributed by atoms with Gasteiger partial charge in [0.1, 0.15) is 0 Å². The number of hydrogen-bond donors (Lipinski definition) is 0. The first-order chi connectivity index (χ1) is 8.58. The molecule has 0 bridgehead atoms. The van der Waals surface area contributed by atoms with Gasteiger partial charge >= 0.3 is 0 Å². The Balaban J connectivity index is 2.23. The van der Waals surface area contributed by atoms with E-state index in [-0.39, 0.29) is 11.8 Å². The maximum Gasteiger partial charge on any atom is 0.230 e. The summed E-state index contributed by atoms with van der Waals surface area (Å²) in [6.07, 6.45) is 3.85. The molecular weight excluding hydrogens is 246 g/mol. The molecule has 0 aliphatic heterocycles. The third-order valence-electron chi connectivity index (χ3n) is 2.97. The number of rotatable bonds is 3. The van der Waals surface area contributed by atoms with E-state index in [9.17, 15) is 4.79 Å². The summed E-state index contributed by atoms with van der Waals surface area (Å²) in [6, 6.07) is 10.8. The van der Waals surface area contributed by atoms with Crippen LogP contribution >= 0.6 is 11.6 Å². The van der Waals surface area contributed by atoms with E-state index >= 15 is 0 Å². The molecule has 2 nitrogen and oxygen atoms in total. The van der Waals surface area contributed by atoms with Gasteiger partial charge in [0.25, 0.3) is 0 Å². The lowest BCUT2D eigenvalue weighted by molar-refractivity contribution is -0.704. The van der Waals surface area contributed by atoms with Crippen molar-refractivity contribution in [2.45, 2.75) is 19.9 Å². The van der Waals surface area contributed by atoms with Crippen LogP contribution in [0.3, 0.4) is 0 Å². The highest BCUT2D eigenvalue weighted by atomic mass is 35.5. The standard InChI is InChI=1S/C15H15ClNO/c1-11-7-9-17(10-8-11)12(2)15(18)13-3-5-14(16)6-4-13/h3-10,12H,1-2H3/q+1/t12-/m0/s1. The summed E-state index contributed by atoms with van der Waals surface area (Å²) in [5.41, 5.74) is 1.86. The maximum atomic E-state index is 12.3. The molecule has 0 N–H and O–H groups in total. The van der Waals surface area contributed by atoms with Crippen LogP contribution in [0.5, 0.6) is 0 Å². The molecule has 1 atom stereocenters. The third-order valence-corrected chi connectivity index (χ3v) is 3.23. The van der Waals surface area contributed by atoms with Gasteiger partial charge in [-0.15, -0.1) is 0 Å². The third kappa shape index (κ3) is 2.77. The summed E-state index contributed by atoms with van der Waals surface area (Å²) in [7, 11) is 0. The molecule has 0 fully saturated rings. The number of carbonyl (C=O) groups excluding carboxylic acids is 1. The number of aryl methyl sites for hydroxylation is 1. The average molecular weight is 261 g/mol. The quantitative estimate of drug-likeness (QED) is 0.612. The molecule has 18 heavy (non-hydrogen) atoms. The second kappa shape index (κ2) is 5.32. The topological polar surface area (TPSA) is 20.9 Å². The number of aromatic nitrogens is 1. The summed E-state index contributed by atoms with van der Waals surface area (Å²) >= 11 is 5.81.